The summed E-state index contributed by atoms with van der Waals surface area (Å²) in [5, 5.41) is 56.5. The molecule has 0 aromatic heterocycles. The molecule has 2 aliphatic carbocycles. The zero-order chi connectivity index (χ0) is 75.6. The summed E-state index contributed by atoms with van der Waals surface area (Å²) in [6.07, 6.45) is -0.346. The van der Waals surface area contributed by atoms with Crippen LogP contribution in [0.2, 0.25) is 0 Å². The number of carbonyl (C=O) groups excluding carboxylic acids is 5. The van der Waals surface area contributed by atoms with E-state index in [-0.39, 0.29) is 55.0 Å². The Morgan fingerprint density at radius 2 is 1.01 bits per heavy atom. The third kappa shape index (κ3) is 27.9. The molecule has 10 atom stereocenters. The number of hydrogen-bond acceptors (Lipinski definition) is 18. The first-order valence-corrected chi connectivity index (χ1v) is 33.1. The van der Waals surface area contributed by atoms with Crippen LogP contribution in [0.25, 0.3) is 0 Å². The van der Waals surface area contributed by atoms with E-state index in [0.717, 1.165) is 57.8 Å². The number of esters is 5. The van der Waals surface area contributed by atoms with E-state index < -0.39 is 117 Å². The van der Waals surface area contributed by atoms with Crippen LogP contribution < -0.4 is 0 Å². The molecule has 0 amide bonds. The zero-order valence-electron chi connectivity index (χ0n) is 61.2. The van der Waals surface area contributed by atoms with E-state index in [2.05, 4.69) is 9.47 Å². The second-order valence-electron chi connectivity index (χ2n) is 30.3. The third-order valence-electron chi connectivity index (χ3n) is 18.3. The molecule has 27 heteroatoms. The summed E-state index contributed by atoms with van der Waals surface area (Å²) >= 11 is 0. The van der Waals surface area contributed by atoms with Gasteiger partial charge >= 0.3 is 59.9 Å². The molecule has 2 heterocycles. The van der Waals surface area contributed by atoms with Gasteiger partial charge in [0.2, 0.25) is 5.60 Å². The minimum Gasteiger partial charge on any atom is -0.481 e. The fraction of sp³-hybridized carbons (Fsp3) is 0.912. The Morgan fingerprint density at radius 3 is 1.38 bits per heavy atom. The molecule has 6 N–H and O–H groups in total. The van der Waals surface area contributed by atoms with E-state index in [1.54, 1.807) is 76.2 Å². The number of carboxylic acids is 1. The third-order valence-corrected chi connectivity index (χ3v) is 18.3. The maximum Gasteiger partial charge on any atom is 0.449 e. The van der Waals surface area contributed by atoms with Gasteiger partial charge in [0.25, 0.3) is 0 Å². The molecule has 562 valence electrons. The highest BCUT2D eigenvalue weighted by molar-refractivity contribution is 5.77. The van der Waals surface area contributed by atoms with Crippen LogP contribution in [-0.4, -0.2) is 156 Å². The predicted octanol–water partition coefficient (Wildman–Crippen LogP) is 14.2. The number of alkyl halides is 8. The normalized spacial score (nSPS) is 25.0. The smallest absolute Gasteiger partial charge is 0.449 e. The van der Waals surface area contributed by atoms with Crippen LogP contribution in [0.4, 0.5) is 35.1 Å². The molecule has 2 aliphatic heterocycles. The van der Waals surface area contributed by atoms with Crippen molar-refractivity contribution in [3.63, 3.8) is 0 Å². The van der Waals surface area contributed by atoms with Gasteiger partial charge in [0, 0.05) is 12.8 Å². The van der Waals surface area contributed by atoms with Crippen molar-refractivity contribution in [2.75, 3.05) is 13.2 Å². The minimum atomic E-state index is -5.74. The molecule has 2 saturated heterocycles. The number of carbonyl (C=O) groups is 6. The van der Waals surface area contributed by atoms with Gasteiger partial charge in [-0.1, -0.05) is 74.7 Å². The number of rotatable bonds is 22. The lowest BCUT2D eigenvalue weighted by Crippen LogP contribution is -2.63. The summed E-state index contributed by atoms with van der Waals surface area (Å²) in [5.41, 5.74) is -11.2. The van der Waals surface area contributed by atoms with Crippen LogP contribution in [0.1, 0.15) is 269 Å². The van der Waals surface area contributed by atoms with Crippen molar-refractivity contribution in [3.05, 3.63) is 0 Å². The quantitative estimate of drug-likeness (QED) is 0.0334. The van der Waals surface area contributed by atoms with Gasteiger partial charge in [-0.2, -0.15) is 35.1 Å². The Bertz CT molecular complexity index is 2410. The van der Waals surface area contributed by atoms with Crippen LogP contribution in [0.5, 0.6) is 0 Å². The minimum absolute atomic E-state index is 0.0656. The van der Waals surface area contributed by atoms with Gasteiger partial charge in [-0.25, -0.2) is 0 Å². The van der Waals surface area contributed by atoms with Crippen LogP contribution in [0.15, 0.2) is 0 Å². The van der Waals surface area contributed by atoms with E-state index >= 15 is 0 Å². The molecule has 10 unspecified atom stereocenters. The first-order chi connectivity index (χ1) is 42.4. The maximum absolute atomic E-state index is 14.0. The number of aliphatic carboxylic acids is 1. The molecule has 0 aromatic rings. The van der Waals surface area contributed by atoms with E-state index in [0.29, 0.717) is 39.0 Å². The number of hydrogen-bond donors (Lipinski definition) is 6. The number of fused-ring (bicyclic) bond motifs is 1. The van der Waals surface area contributed by atoms with Crippen LogP contribution >= 0.6 is 0 Å². The van der Waals surface area contributed by atoms with E-state index in [1.165, 1.54) is 33.6 Å². The molecular formula is C68H120F8O19. The summed E-state index contributed by atoms with van der Waals surface area (Å²) < 4.78 is 139. The molecule has 2 saturated carbocycles. The summed E-state index contributed by atoms with van der Waals surface area (Å²) in [4.78, 5) is 69.0. The predicted molar refractivity (Wildman–Crippen MR) is 339 cm³/mol. The van der Waals surface area contributed by atoms with Gasteiger partial charge < -0.3 is 63.8 Å². The van der Waals surface area contributed by atoms with E-state index in [1.807, 2.05) is 55.4 Å². The Labute approximate surface area is 559 Å². The fourth-order valence-electron chi connectivity index (χ4n) is 9.09. The first kappa shape index (κ1) is 93.0. The van der Waals surface area contributed by atoms with Crippen molar-refractivity contribution < 1.29 is 128 Å². The van der Waals surface area contributed by atoms with Crippen molar-refractivity contribution in [2.45, 2.75) is 345 Å². The second-order valence-corrected chi connectivity index (χ2v) is 30.3. The summed E-state index contributed by atoms with van der Waals surface area (Å²) in [6.45, 7) is 37.9. The van der Waals surface area contributed by atoms with Gasteiger partial charge in [-0.15, -0.1) is 0 Å². The molecule has 0 aromatic carbocycles. The lowest BCUT2D eigenvalue weighted by Gasteiger charge is -2.39. The van der Waals surface area contributed by atoms with Crippen molar-refractivity contribution in [3.8, 4) is 0 Å². The molecule has 4 rings (SSSR count). The SMILES string of the molecule is CCC(C)(C)C(=O)O.CCC(C)(C)C(=O)OC(C)CC(C)(O)C(F)(F)F.CCC(C)(C)C(=O)OC1(C)COC(O)(C(F)(F)F)C1(F)F.CCC(C)(C)C(=O)OC12CCCCC1OC(C)(O)C2.CCC(C)C(=O)OC(C1CCCC1)C(C)(C)O.CCC(C)C(=O)OCC(C)(C)O. The topological polar surface area (TPSA) is 288 Å². The van der Waals surface area contributed by atoms with Crippen molar-refractivity contribution in [1.29, 1.82) is 0 Å². The molecule has 0 bridgehead atoms. The van der Waals surface area contributed by atoms with Crippen LogP contribution in [-0.2, 0) is 61.9 Å². The van der Waals surface area contributed by atoms with Gasteiger partial charge in [0.05, 0.1) is 51.3 Å². The molecule has 4 fully saturated rings. The van der Waals surface area contributed by atoms with Gasteiger partial charge in [-0.3, -0.25) is 28.8 Å². The van der Waals surface area contributed by atoms with E-state index in [4.69, 9.17) is 28.8 Å². The number of halogens is 8. The summed E-state index contributed by atoms with van der Waals surface area (Å²) in [6, 6.07) is 0. The highest BCUT2D eigenvalue weighted by atomic mass is 19.4. The summed E-state index contributed by atoms with van der Waals surface area (Å²) in [5.74, 6) is -13.5. The van der Waals surface area contributed by atoms with Gasteiger partial charge in [0.1, 0.15) is 30.5 Å². The highest BCUT2D eigenvalue weighted by Gasteiger charge is 2.83. The highest BCUT2D eigenvalue weighted by Crippen LogP contribution is 2.55. The number of aliphatic hydroxyl groups is 5. The molecule has 95 heavy (non-hydrogen) atoms. The standard InChI is InChI=1S/C15H26O4.C14H26O3.C12H17F5O4.C12H21F3O3.C9H18O3.C6H12O2/c1-5-13(2,3)12(16)19-15-9-7-6-8-11(15)18-14(4,17)10-15;1-5-10(2)13(15)17-12(14(3,4)16)11-8-6-7-9-11;1-5-8(2,3)7(18)21-9(4)6-20-11(19,10(9,13)14)12(15,16)17;1-6-10(3,4)9(16)18-8(2)7-11(5,17)12(13,14)15;1-5-7(2)8(10)12-6-9(3,4)11;1-4-6(2,3)5(7)8/h11,17H,5-10H2,1-4H3;10-12,16H,5-9H2,1-4H3;19H,5-6H2,1-4H3;8,17H,6-7H2,1-5H3;7,11H,5-6H2,1-4H3;4H2,1-3H3,(H,7,8). The van der Waals surface area contributed by atoms with E-state index in [9.17, 15) is 89.4 Å². The summed E-state index contributed by atoms with van der Waals surface area (Å²) in [7, 11) is 0. The largest absolute Gasteiger partial charge is 0.481 e. The molecule has 0 spiro atoms. The van der Waals surface area contributed by atoms with Crippen molar-refractivity contribution in [2.24, 2.45) is 39.4 Å². The molecular weight excluding hydrogens is 1270 g/mol. The van der Waals surface area contributed by atoms with Crippen molar-refractivity contribution in [1.82, 2.24) is 0 Å². The van der Waals surface area contributed by atoms with Gasteiger partial charge in [-0.05, 0) is 187 Å². The Hall–Kier alpha value is -4.02. The van der Waals surface area contributed by atoms with Gasteiger partial charge in [0.15, 0.2) is 11.4 Å². The zero-order valence-corrected chi connectivity index (χ0v) is 61.2. The van der Waals surface area contributed by atoms with Crippen LogP contribution in [0.3, 0.4) is 0 Å². The fourth-order valence-corrected chi connectivity index (χ4v) is 9.09. The Morgan fingerprint density at radius 1 is 0.589 bits per heavy atom. The molecule has 0 radical (unpaired) electrons. The van der Waals surface area contributed by atoms with Crippen molar-refractivity contribution >= 4 is 35.8 Å². The Balaban J connectivity index is 0. The number of carboxylic acid groups (broad SMARTS) is 1. The lowest BCUT2D eigenvalue weighted by molar-refractivity contribution is -0.409. The Kier molecular flexibility index (Phi) is 35.1. The lowest BCUT2D eigenvalue weighted by atomic mass is 9.79. The van der Waals surface area contributed by atoms with Crippen LogP contribution in [0, 0.1) is 39.4 Å². The number of ether oxygens (including phenoxy) is 7. The average molecular weight is 1390 g/mol. The first-order valence-electron chi connectivity index (χ1n) is 33.1. The monoisotopic (exact) mass is 1390 g/mol. The second kappa shape index (κ2) is 35.8. The molecule has 4 aliphatic rings. The molecule has 19 nitrogen and oxygen atoms in total. The average Bonchev–Trinajstić information content (AvgIpc) is 1.58. The maximum atomic E-state index is 14.0.